The lowest BCUT2D eigenvalue weighted by molar-refractivity contribution is -0.274. The zero-order valence-electron chi connectivity index (χ0n) is 11.6. The van der Waals surface area contributed by atoms with Crippen LogP contribution in [-0.4, -0.2) is 24.4 Å². The van der Waals surface area contributed by atoms with Crippen LogP contribution < -0.4 is 4.74 Å². The van der Waals surface area contributed by atoms with Crippen molar-refractivity contribution in [1.82, 2.24) is 0 Å². The van der Waals surface area contributed by atoms with E-state index in [4.69, 9.17) is 4.74 Å². The first-order valence-electron chi connectivity index (χ1n) is 6.05. The van der Waals surface area contributed by atoms with E-state index in [1.165, 1.54) is 24.3 Å². The van der Waals surface area contributed by atoms with Gasteiger partial charge in [0.25, 0.3) is 0 Å². The van der Waals surface area contributed by atoms with Crippen LogP contribution in [0.1, 0.15) is 26.3 Å². The molecule has 0 N–H and O–H groups in total. The van der Waals surface area contributed by atoms with Gasteiger partial charge in [-0.05, 0) is 38.5 Å². The maximum Gasteiger partial charge on any atom is 0.573 e. The lowest BCUT2D eigenvalue weighted by atomic mass is 10.1. The van der Waals surface area contributed by atoms with Gasteiger partial charge < -0.3 is 9.47 Å². The van der Waals surface area contributed by atoms with Crippen molar-refractivity contribution in [2.24, 2.45) is 0 Å². The van der Waals surface area contributed by atoms with E-state index in [-0.39, 0.29) is 24.6 Å². The van der Waals surface area contributed by atoms with Crippen LogP contribution in [0.2, 0.25) is 0 Å². The summed E-state index contributed by atoms with van der Waals surface area (Å²) >= 11 is 0. The van der Waals surface area contributed by atoms with Gasteiger partial charge in [-0.25, -0.2) is 0 Å². The molecule has 20 heavy (non-hydrogen) atoms. The van der Waals surface area contributed by atoms with Crippen molar-refractivity contribution in [2.75, 3.05) is 6.61 Å². The second-order valence-corrected chi connectivity index (χ2v) is 5.31. The first kappa shape index (κ1) is 16.5. The Balaban J connectivity index is 2.51. The van der Waals surface area contributed by atoms with Crippen LogP contribution in [0.4, 0.5) is 13.2 Å². The molecular formula is C14H17F3O3. The molecule has 1 rings (SSSR count). The minimum absolute atomic E-state index is 0.0235. The van der Waals surface area contributed by atoms with Gasteiger partial charge in [-0.3, -0.25) is 4.79 Å². The molecule has 0 amide bonds. The van der Waals surface area contributed by atoms with Crippen molar-refractivity contribution < 1.29 is 27.4 Å². The van der Waals surface area contributed by atoms with Crippen LogP contribution in [0.5, 0.6) is 5.75 Å². The monoisotopic (exact) mass is 290 g/mol. The summed E-state index contributed by atoms with van der Waals surface area (Å²) in [5.41, 5.74) is 0.210. The second kappa shape index (κ2) is 6.26. The molecule has 0 heterocycles. The Morgan fingerprint density at radius 3 is 2.10 bits per heavy atom. The number of benzene rings is 1. The highest BCUT2D eigenvalue weighted by Crippen LogP contribution is 2.22. The van der Waals surface area contributed by atoms with Gasteiger partial charge in [-0.1, -0.05) is 12.1 Å². The molecule has 0 bridgehead atoms. The number of carbonyl (C=O) groups excluding carboxylic acids is 1. The Bertz CT molecular complexity index is 444. The third kappa shape index (κ3) is 7.13. The van der Waals surface area contributed by atoms with Crippen molar-refractivity contribution >= 4 is 5.78 Å². The van der Waals surface area contributed by atoms with Crippen LogP contribution in [0.3, 0.4) is 0 Å². The number of ether oxygens (including phenoxy) is 2. The summed E-state index contributed by atoms with van der Waals surface area (Å²) in [6, 6.07) is 5.22. The van der Waals surface area contributed by atoms with Crippen LogP contribution in [0, 0.1) is 0 Å². The molecular weight excluding hydrogens is 273 g/mol. The molecule has 6 heteroatoms. The second-order valence-electron chi connectivity index (χ2n) is 5.31. The number of halogens is 3. The van der Waals surface area contributed by atoms with Gasteiger partial charge in [0, 0.05) is 6.42 Å². The number of hydrogen-bond acceptors (Lipinski definition) is 3. The summed E-state index contributed by atoms with van der Waals surface area (Å²) in [4.78, 5) is 11.6. The predicted molar refractivity (Wildman–Crippen MR) is 67.5 cm³/mol. The minimum Gasteiger partial charge on any atom is -0.406 e. The zero-order chi connectivity index (χ0) is 15.4. The zero-order valence-corrected chi connectivity index (χ0v) is 11.6. The van der Waals surface area contributed by atoms with E-state index in [9.17, 15) is 18.0 Å². The van der Waals surface area contributed by atoms with E-state index in [1.807, 2.05) is 20.8 Å². The highest BCUT2D eigenvalue weighted by molar-refractivity contribution is 5.82. The minimum atomic E-state index is -4.71. The molecule has 0 aromatic heterocycles. The molecule has 0 aliphatic rings. The van der Waals surface area contributed by atoms with Crippen molar-refractivity contribution in [3.05, 3.63) is 29.8 Å². The van der Waals surface area contributed by atoms with Crippen LogP contribution in [0.15, 0.2) is 24.3 Å². The molecule has 0 spiro atoms. The number of carbonyl (C=O) groups is 1. The lowest BCUT2D eigenvalue weighted by Gasteiger charge is -2.18. The molecule has 0 saturated carbocycles. The van der Waals surface area contributed by atoms with Gasteiger partial charge >= 0.3 is 6.36 Å². The van der Waals surface area contributed by atoms with Gasteiger partial charge in [-0.15, -0.1) is 13.2 Å². The SMILES string of the molecule is CC(C)(C)OCC(=O)Cc1ccc(OC(F)(F)F)cc1. The molecule has 1 aromatic rings. The van der Waals surface area contributed by atoms with Crippen molar-refractivity contribution in [1.29, 1.82) is 0 Å². The van der Waals surface area contributed by atoms with Crippen molar-refractivity contribution in [2.45, 2.75) is 39.2 Å². The van der Waals surface area contributed by atoms with E-state index >= 15 is 0 Å². The van der Waals surface area contributed by atoms with E-state index in [2.05, 4.69) is 4.74 Å². The maximum absolute atomic E-state index is 12.0. The fraction of sp³-hybridized carbons (Fsp3) is 0.500. The number of rotatable bonds is 5. The Kier molecular flexibility index (Phi) is 5.16. The average molecular weight is 290 g/mol. The van der Waals surface area contributed by atoms with Crippen molar-refractivity contribution in [3.63, 3.8) is 0 Å². The van der Waals surface area contributed by atoms with Crippen LogP contribution in [0.25, 0.3) is 0 Å². The molecule has 0 atom stereocenters. The molecule has 1 aromatic carbocycles. The van der Waals surface area contributed by atoms with E-state index < -0.39 is 12.0 Å². The standard InChI is InChI=1S/C14H17F3O3/c1-13(2,3)19-9-11(18)8-10-4-6-12(7-5-10)20-14(15,16)17/h4-7H,8-9H2,1-3H3. The average Bonchev–Trinajstić information content (AvgIpc) is 2.26. The lowest BCUT2D eigenvalue weighted by Crippen LogP contribution is -2.24. The highest BCUT2D eigenvalue weighted by Gasteiger charge is 2.30. The molecule has 0 saturated heterocycles. The molecule has 0 aliphatic carbocycles. The third-order valence-corrected chi connectivity index (χ3v) is 2.22. The number of hydrogen-bond donors (Lipinski definition) is 0. The molecule has 3 nitrogen and oxygen atoms in total. The molecule has 0 unspecified atom stereocenters. The summed E-state index contributed by atoms with van der Waals surface area (Å²) in [5, 5.41) is 0. The summed E-state index contributed by atoms with van der Waals surface area (Å²) in [6.07, 6.45) is -4.60. The number of alkyl halides is 3. The predicted octanol–water partition coefficient (Wildman–Crippen LogP) is 3.51. The fourth-order valence-corrected chi connectivity index (χ4v) is 1.38. The van der Waals surface area contributed by atoms with Crippen LogP contribution in [-0.2, 0) is 16.0 Å². The van der Waals surface area contributed by atoms with Crippen LogP contribution >= 0.6 is 0 Å². The Labute approximate surface area is 115 Å². The summed E-state index contributed by atoms with van der Waals surface area (Å²) < 4.78 is 45.0. The maximum atomic E-state index is 12.0. The first-order valence-corrected chi connectivity index (χ1v) is 6.05. The van der Waals surface area contributed by atoms with E-state index in [0.29, 0.717) is 5.56 Å². The van der Waals surface area contributed by atoms with Gasteiger partial charge in [0.2, 0.25) is 0 Å². The van der Waals surface area contributed by atoms with E-state index in [1.54, 1.807) is 0 Å². The molecule has 0 fully saturated rings. The molecule has 112 valence electrons. The first-order chi connectivity index (χ1) is 9.05. The summed E-state index contributed by atoms with van der Waals surface area (Å²) in [7, 11) is 0. The fourth-order valence-electron chi connectivity index (χ4n) is 1.38. The topological polar surface area (TPSA) is 35.5 Å². The summed E-state index contributed by atoms with van der Waals surface area (Å²) in [5.74, 6) is -0.441. The van der Waals surface area contributed by atoms with Gasteiger partial charge in [-0.2, -0.15) is 0 Å². The van der Waals surface area contributed by atoms with Gasteiger partial charge in [0.15, 0.2) is 5.78 Å². The molecule has 0 aliphatic heterocycles. The normalized spacial score (nSPS) is 12.3. The highest BCUT2D eigenvalue weighted by atomic mass is 19.4. The third-order valence-electron chi connectivity index (χ3n) is 2.22. The summed E-state index contributed by atoms with van der Waals surface area (Å²) in [6.45, 7) is 5.49. The Morgan fingerprint density at radius 2 is 1.65 bits per heavy atom. The van der Waals surface area contributed by atoms with Crippen molar-refractivity contribution in [3.8, 4) is 5.75 Å². The van der Waals surface area contributed by atoms with Gasteiger partial charge in [0.05, 0.1) is 5.60 Å². The number of Topliss-reactive ketones (excluding diaryl/α,β-unsaturated/α-hetero) is 1. The largest absolute Gasteiger partial charge is 0.573 e. The Hall–Kier alpha value is -1.56. The Morgan fingerprint density at radius 1 is 1.10 bits per heavy atom. The van der Waals surface area contributed by atoms with Gasteiger partial charge in [0.1, 0.15) is 12.4 Å². The smallest absolute Gasteiger partial charge is 0.406 e. The number of ketones is 1. The molecule has 0 radical (unpaired) electrons. The quantitative estimate of drug-likeness (QED) is 0.832. The van der Waals surface area contributed by atoms with E-state index in [0.717, 1.165) is 0 Å².